The van der Waals surface area contributed by atoms with Gasteiger partial charge in [0.25, 0.3) is 5.91 Å². The largest absolute Gasteiger partial charge is 0.448 e. The number of carbonyl (C=O) groups excluding carboxylic acids is 4. The Bertz CT molecular complexity index is 2300. The van der Waals surface area contributed by atoms with E-state index in [0.717, 1.165) is 67.9 Å². The summed E-state index contributed by atoms with van der Waals surface area (Å²) in [5.41, 5.74) is 5.17. The summed E-state index contributed by atoms with van der Waals surface area (Å²) in [7, 11) is 0. The lowest BCUT2D eigenvalue weighted by Crippen LogP contribution is -2.43. The maximum absolute atomic E-state index is 14.4. The smallest absolute Gasteiger partial charge is 0.410 e. The maximum Gasteiger partial charge on any atom is 0.410 e. The van der Waals surface area contributed by atoms with Crippen LogP contribution >= 0.6 is 0 Å². The minimum atomic E-state index is -0.979. The van der Waals surface area contributed by atoms with E-state index in [1.165, 1.54) is 4.90 Å². The first kappa shape index (κ1) is 34.9. The lowest BCUT2D eigenvalue weighted by Gasteiger charge is -2.25. The average Bonchev–Trinajstić information content (AvgIpc) is 3.67. The zero-order valence-electron chi connectivity index (χ0n) is 30.8. The highest BCUT2D eigenvalue weighted by Gasteiger charge is 2.55. The fourth-order valence-corrected chi connectivity index (χ4v) is 9.00. The summed E-state index contributed by atoms with van der Waals surface area (Å²) in [4.78, 5) is 62.7. The predicted octanol–water partition coefficient (Wildman–Crippen LogP) is 8.10. The van der Waals surface area contributed by atoms with Crippen LogP contribution in [-0.4, -0.2) is 65.0 Å². The molecule has 2 fully saturated rings. The summed E-state index contributed by atoms with van der Waals surface area (Å²) in [6, 6.07) is 34.0. The lowest BCUT2D eigenvalue weighted by molar-refractivity contribution is -0.141. The molecule has 55 heavy (non-hydrogen) atoms. The molecule has 4 aliphatic rings. The number of ether oxygens (including phenoxy) is 1. The second-order valence-corrected chi connectivity index (χ2v) is 15.6. The number of carbonyl (C=O) groups is 4. The molecule has 1 saturated heterocycles. The Balaban J connectivity index is 1.00. The van der Waals surface area contributed by atoms with Gasteiger partial charge in [-0.05, 0) is 69.1 Å². The number of Topliss-reactive ketones (excluding diaryl/α,β-unsaturated/α-hetero) is 2. The first-order valence-electron chi connectivity index (χ1n) is 19.5. The minimum absolute atomic E-state index is 0.0285. The normalized spacial score (nSPS) is 20.6. The van der Waals surface area contributed by atoms with Crippen molar-refractivity contribution >= 4 is 50.8 Å². The van der Waals surface area contributed by atoms with E-state index in [9.17, 15) is 19.2 Å². The number of likely N-dealkylation sites (tertiary alicyclic amines) is 1. The number of hydrogen-bond acceptors (Lipinski definition) is 7. The van der Waals surface area contributed by atoms with Crippen molar-refractivity contribution in [3.8, 4) is 11.1 Å². The number of rotatable bonds is 11. The molecule has 0 bridgehead atoms. The molecule has 9 nitrogen and oxygen atoms in total. The van der Waals surface area contributed by atoms with Gasteiger partial charge < -0.3 is 14.9 Å². The van der Waals surface area contributed by atoms with Crippen molar-refractivity contribution in [1.82, 2.24) is 10.2 Å². The number of ketones is 2. The Hall–Kier alpha value is -5.83. The Morgan fingerprint density at radius 2 is 1.49 bits per heavy atom. The third-order valence-electron chi connectivity index (χ3n) is 11.8. The van der Waals surface area contributed by atoms with E-state index in [0.29, 0.717) is 19.3 Å². The molecule has 5 aromatic rings. The molecule has 0 unspecified atom stereocenters. The van der Waals surface area contributed by atoms with Crippen molar-refractivity contribution in [2.45, 2.75) is 75.5 Å². The molecule has 9 heteroatoms. The molecule has 2 amide bonds. The Labute approximate surface area is 319 Å². The highest BCUT2D eigenvalue weighted by atomic mass is 16.7. The van der Waals surface area contributed by atoms with Gasteiger partial charge in [0.05, 0.1) is 18.3 Å². The Morgan fingerprint density at radius 1 is 0.873 bits per heavy atom. The van der Waals surface area contributed by atoms with Crippen LogP contribution in [0.4, 0.5) is 4.79 Å². The number of fused-ring (bicyclic) bond motifs is 5. The van der Waals surface area contributed by atoms with Crippen LogP contribution < -0.4 is 5.32 Å². The molecule has 5 aromatic carbocycles. The quantitative estimate of drug-likeness (QED) is 0.108. The third-order valence-corrected chi connectivity index (χ3v) is 11.8. The van der Waals surface area contributed by atoms with Crippen molar-refractivity contribution in [2.24, 2.45) is 11.1 Å². The Morgan fingerprint density at radius 3 is 2.13 bits per heavy atom. The molecule has 2 heterocycles. The second-order valence-electron chi connectivity index (χ2n) is 15.6. The monoisotopic (exact) mass is 733 g/mol. The molecule has 1 N–H and O–H groups in total. The molecule has 2 aliphatic carbocycles. The van der Waals surface area contributed by atoms with E-state index in [1.54, 1.807) is 0 Å². The van der Waals surface area contributed by atoms with E-state index >= 15 is 0 Å². The van der Waals surface area contributed by atoms with Crippen LogP contribution in [-0.2, 0) is 24.0 Å². The van der Waals surface area contributed by atoms with Crippen LogP contribution in [0.15, 0.2) is 108 Å². The van der Waals surface area contributed by atoms with Crippen LogP contribution in [0.5, 0.6) is 0 Å². The summed E-state index contributed by atoms with van der Waals surface area (Å²) in [6.07, 6.45) is 2.53. The Kier molecular flexibility index (Phi) is 8.95. The van der Waals surface area contributed by atoms with Gasteiger partial charge in [0.1, 0.15) is 6.61 Å². The summed E-state index contributed by atoms with van der Waals surface area (Å²) in [5, 5.41) is 11.7. The van der Waals surface area contributed by atoms with E-state index in [2.05, 4.69) is 65.1 Å². The zero-order chi connectivity index (χ0) is 37.7. The fraction of sp³-hybridized carbons (Fsp3) is 0.326. The van der Waals surface area contributed by atoms with Crippen molar-refractivity contribution < 1.29 is 28.8 Å². The SMILES string of the molecule is CCC[C@@H](CC(=O)[C@@H]1C[C@]2(CC(c3c4ccccc4cc4ccccc34)=NO2)CN1C(=O)OCC1c2ccccc2-c2ccccc21)C(=O)C(=O)NC1CC1. The molecular formula is C46H43N3O6. The van der Waals surface area contributed by atoms with Crippen LogP contribution in [0.2, 0.25) is 0 Å². The summed E-state index contributed by atoms with van der Waals surface area (Å²) >= 11 is 0. The summed E-state index contributed by atoms with van der Waals surface area (Å²) in [5.74, 6) is -2.44. The highest BCUT2D eigenvalue weighted by Crippen LogP contribution is 2.46. The van der Waals surface area contributed by atoms with Crippen molar-refractivity contribution in [3.05, 3.63) is 120 Å². The van der Waals surface area contributed by atoms with Crippen LogP contribution in [0, 0.1) is 5.92 Å². The van der Waals surface area contributed by atoms with Crippen LogP contribution in [0.25, 0.3) is 32.7 Å². The number of nitrogens with zero attached hydrogens (tertiary/aromatic N) is 2. The number of benzene rings is 5. The van der Waals surface area contributed by atoms with Crippen LogP contribution in [0.1, 0.15) is 74.5 Å². The minimum Gasteiger partial charge on any atom is -0.448 e. The molecule has 1 saturated carbocycles. The van der Waals surface area contributed by atoms with Crippen molar-refractivity contribution in [2.75, 3.05) is 13.2 Å². The van der Waals surface area contributed by atoms with Gasteiger partial charge in [-0.1, -0.05) is 116 Å². The van der Waals surface area contributed by atoms with E-state index in [4.69, 9.17) is 9.57 Å². The second kappa shape index (κ2) is 14.1. The van der Waals surface area contributed by atoms with Gasteiger partial charge in [0, 0.05) is 42.7 Å². The lowest BCUT2D eigenvalue weighted by atomic mass is 9.85. The van der Waals surface area contributed by atoms with E-state index in [1.807, 2.05) is 55.5 Å². The van der Waals surface area contributed by atoms with Gasteiger partial charge in [-0.2, -0.15) is 0 Å². The molecule has 1 spiro atoms. The van der Waals surface area contributed by atoms with Gasteiger partial charge in [0.2, 0.25) is 5.78 Å². The molecule has 9 rings (SSSR count). The number of amides is 2. The van der Waals surface area contributed by atoms with Gasteiger partial charge in [0.15, 0.2) is 11.4 Å². The van der Waals surface area contributed by atoms with E-state index in [-0.39, 0.29) is 43.7 Å². The number of hydrogen-bond donors (Lipinski definition) is 1. The standard InChI is InChI=1S/C46H43N3O6/c1-2-11-30(43(51)44(52)47-31-20-21-31)23-41(50)40-25-46(24-39(48-55-46)42-32-14-5-3-12-28(32)22-29-13-4-6-15-33(29)42)27-49(40)45(53)54-26-38-36-18-9-7-16-34(36)35-17-8-10-19-37(35)38/h3-10,12-19,22,30-31,38,40H,2,11,20-21,23-27H2,1H3,(H,47,52)/t30-,40-,46+/m0/s1. The first-order chi connectivity index (χ1) is 26.8. The molecule has 0 aromatic heterocycles. The molecule has 2 aliphatic heterocycles. The van der Waals surface area contributed by atoms with Crippen molar-refractivity contribution in [1.29, 1.82) is 0 Å². The summed E-state index contributed by atoms with van der Waals surface area (Å²) in [6.45, 7) is 2.11. The third kappa shape index (κ3) is 6.45. The molecule has 278 valence electrons. The fourth-order valence-electron chi connectivity index (χ4n) is 9.00. The zero-order valence-corrected chi connectivity index (χ0v) is 30.8. The maximum atomic E-state index is 14.4. The topological polar surface area (TPSA) is 114 Å². The number of nitrogens with one attached hydrogen (secondary N) is 1. The van der Waals surface area contributed by atoms with Gasteiger partial charge in [-0.3, -0.25) is 19.3 Å². The molecule has 3 atom stereocenters. The average molecular weight is 734 g/mol. The van der Waals surface area contributed by atoms with Crippen molar-refractivity contribution in [3.63, 3.8) is 0 Å². The van der Waals surface area contributed by atoms with E-state index < -0.39 is 35.3 Å². The molecular weight excluding hydrogens is 691 g/mol. The summed E-state index contributed by atoms with van der Waals surface area (Å²) < 4.78 is 6.13. The first-order valence-corrected chi connectivity index (χ1v) is 19.5. The van der Waals surface area contributed by atoms with Gasteiger partial charge in [-0.15, -0.1) is 0 Å². The van der Waals surface area contributed by atoms with Gasteiger partial charge >= 0.3 is 6.09 Å². The van der Waals surface area contributed by atoms with Gasteiger partial charge in [-0.25, -0.2) is 4.79 Å². The highest BCUT2D eigenvalue weighted by molar-refractivity contribution is 6.37. The van der Waals surface area contributed by atoms with Crippen LogP contribution in [0.3, 0.4) is 0 Å². The molecule has 0 radical (unpaired) electrons. The predicted molar refractivity (Wildman–Crippen MR) is 211 cm³/mol. The number of oxime groups is 1.